The second-order valence-electron chi connectivity index (χ2n) is 7.34. The molecule has 0 aromatic carbocycles. The lowest BCUT2D eigenvalue weighted by molar-refractivity contribution is -0.132. The number of rotatable bonds is 6. The summed E-state index contributed by atoms with van der Waals surface area (Å²) in [6.45, 7) is 5.18. The van der Waals surface area contributed by atoms with Crippen LogP contribution in [0.4, 0.5) is 0 Å². The van der Waals surface area contributed by atoms with Crippen molar-refractivity contribution in [3.63, 3.8) is 0 Å². The van der Waals surface area contributed by atoms with Crippen LogP contribution in [0, 0.1) is 6.92 Å². The molecule has 1 atom stereocenters. The highest BCUT2D eigenvalue weighted by Crippen LogP contribution is 2.26. The first-order valence-electron chi connectivity index (χ1n) is 9.39. The second kappa shape index (κ2) is 8.45. The predicted molar refractivity (Wildman–Crippen MR) is 102 cm³/mol. The summed E-state index contributed by atoms with van der Waals surface area (Å²) in [7, 11) is 4.08. The van der Waals surface area contributed by atoms with E-state index >= 15 is 0 Å². The molecule has 1 aliphatic rings. The number of amides is 1. The van der Waals surface area contributed by atoms with E-state index in [9.17, 15) is 4.79 Å². The van der Waals surface area contributed by atoms with Crippen LogP contribution in [0.25, 0.3) is 0 Å². The smallest absolute Gasteiger partial charge is 0.223 e. The van der Waals surface area contributed by atoms with E-state index in [4.69, 9.17) is 0 Å². The van der Waals surface area contributed by atoms with Gasteiger partial charge in [-0.3, -0.25) is 9.78 Å². The number of aromatic nitrogens is 3. The van der Waals surface area contributed by atoms with Gasteiger partial charge in [0.1, 0.15) is 5.82 Å². The molecule has 6 nitrogen and oxygen atoms in total. The minimum Gasteiger partial charge on any atom is -0.342 e. The van der Waals surface area contributed by atoms with E-state index in [0.717, 1.165) is 56.2 Å². The van der Waals surface area contributed by atoms with E-state index in [0.29, 0.717) is 12.3 Å². The minimum atomic E-state index is 0.244. The molecule has 0 aliphatic carbocycles. The molecule has 2 aromatic rings. The Bertz CT molecular complexity index is 727. The first-order chi connectivity index (χ1) is 12.5. The number of pyridine rings is 1. The predicted octanol–water partition coefficient (Wildman–Crippen LogP) is 2.35. The van der Waals surface area contributed by atoms with Crippen LogP contribution in [0.15, 0.2) is 30.6 Å². The van der Waals surface area contributed by atoms with Gasteiger partial charge in [0.25, 0.3) is 0 Å². The molecule has 1 saturated heterocycles. The first-order valence-corrected chi connectivity index (χ1v) is 9.39. The maximum absolute atomic E-state index is 12.7. The van der Waals surface area contributed by atoms with Gasteiger partial charge in [-0.25, -0.2) is 4.98 Å². The van der Waals surface area contributed by atoms with Gasteiger partial charge in [0, 0.05) is 58.0 Å². The lowest BCUT2D eigenvalue weighted by atomic mass is 9.97. The third-order valence-corrected chi connectivity index (χ3v) is 5.04. The number of hydrogen-bond acceptors (Lipinski definition) is 4. The molecule has 26 heavy (non-hydrogen) atoms. The average molecular weight is 355 g/mol. The Kier molecular flexibility index (Phi) is 6.04. The summed E-state index contributed by atoms with van der Waals surface area (Å²) >= 11 is 0. The molecule has 3 heterocycles. The van der Waals surface area contributed by atoms with E-state index in [-0.39, 0.29) is 5.91 Å². The number of carbonyl (C=O) groups is 1. The van der Waals surface area contributed by atoms with Gasteiger partial charge in [-0.1, -0.05) is 6.07 Å². The normalized spacial score (nSPS) is 17.7. The number of nitrogens with zero attached hydrogens (tertiary/aromatic N) is 5. The van der Waals surface area contributed by atoms with Gasteiger partial charge in [-0.15, -0.1) is 0 Å². The Hall–Kier alpha value is -2.21. The molecule has 0 saturated carbocycles. The van der Waals surface area contributed by atoms with E-state index < -0.39 is 0 Å². The summed E-state index contributed by atoms with van der Waals surface area (Å²) in [5, 5.41) is 0. The van der Waals surface area contributed by atoms with E-state index in [1.807, 2.05) is 50.3 Å². The summed E-state index contributed by atoms with van der Waals surface area (Å²) < 4.78 is 2.11. The summed E-state index contributed by atoms with van der Waals surface area (Å²) in [6, 6.07) is 5.93. The van der Waals surface area contributed by atoms with Crippen LogP contribution < -0.4 is 0 Å². The zero-order valence-electron chi connectivity index (χ0n) is 16.1. The van der Waals surface area contributed by atoms with E-state index in [2.05, 4.69) is 25.6 Å². The van der Waals surface area contributed by atoms with Crippen LogP contribution in [0.2, 0.25) is 0 Å². The molecule has 0 spiro atoms. The maximum Gasteiger partial charge on any atom is 0.223 e. The van der Waals surface area contributed by atoms with Gasteiger partial charge in [0.05, 0.1) is 11.4 Å². The van der Waals surface area contributed by atoms with Crippen LogP contribution in [0.5, 0.6) is 0 Å². The van der Waals surface area contributed by atoms with Crippen LogP contribution in [0.3, 0.4) is 0 Å². The zero-order chi connectivity index (χ0) is 18.5. The number of likely N-dealkylation sites (tertiary alicyclic amines) is 1. The molecule has 1 unspecified atom stereocenters. The van der Waals surface area contributed by atoms with Crippen molar-refractivity contribution in [1.29, 1.82) is 0 Å². The highest BCUT2D eigenvalue weighted by atomic mass is 16.2. The molecule has 0 N–H and O–H groups in total. The van der Waals surface area contributed by atoms with Gasteiger partial charge in [-0.05, 0) is 38.9 Å². The molecule has 2 aromatic heterocycles. The number of hydrogen-bond donors (Lipinski definition) is 0. The van der Waals surface area contributed by atoms with Gasteiger partial charge >= 0.3 is 0 Å². The van der Waals surface area contributed by atoms with Crippen molar-refractivity contribution in [2.75, 3.05) is 26.7 Å². The van der Waals surface area contributed by atoms with Crippen LogP contribution >= 0.6 is 0 Å². The highest BCUT2D eigenvalue weighted by Gasteiger charge is 2.27. The fraction of sp³-hybridized carbons (Fsp3) is 0.550. The summed E-state index contributed by atoms with van der Waals surface area (Å²) in [6.07, 6.45) is 6.57. The van der Waals surface area contributed by atoms with Gasteiger partial charge < -0.3 is 14.4 Å². The molecule has 0 bridgehead atoms. The highest BCUT2D eigenvalue weighted by molar-refractivity contribution is 5.76. The summed E-state index contributed by atoms with van der Waals surface area (Å²) in [4.78, 5) is 25.9. The van der Waals surface area contributed by atoms with Crippen molar-refractivity contribution in [3.8, 4) is 0 Å². The van der Waals surface area contributed by atoms with Crippen molar-refractivity contribution < 1.29 is 4.79 Å². The Morgan fingerprint density at radius 1 is 1.38 bits per heavy atom. The fourth-order valence-electron chi connectivity index (χ4n) is 3.72. The van der Waals surface area contributed by atoms with Gasteiger partial charge in [0.2, 0.25) is 5.91 Å². The van der Waals surface area contributed by atoms with Crippen LogP contribution in [-0.4, -0.2) is 56.9 Å². The molecular weight excluding hydrogens is 326 g/mol. The van der Waals surface area contributed by atoms with Crippen molar-refractivity contribution in [2.45, 2.75) is 38.6 Å². The molecule has 6 heteroatoms. The molecular formula is C20H29N5O. The van der Waals surface area contributed by atoms with Crippen LogP contribution in [-0.2, 0) is 18.4 Å². The minimum absolute atomic E-state index is 0.244. The lowest BCUT2D eigenvalue weighted by Gasteiger charge is -2.33. The monoisotopic (exact) mass is 355 g/mol. The summed E-state index contributed by atoms with van der Waals surface area (Å²) in [5.41, 5.74) is 2.08. The number of carbonyl (C=O) groups excluding carboxylic acids is 1. The summed E-state index contributed by atoms with van der Waals surface area (Å²) in [5.74, 6) is 1.69. The van der Waals surface area contributed by atoms with Crippen molar-refractivity contribution in [3.05, 3.63) is 47.8 Å². The molecule has 1 aliphatic heterocycles. The number of imidazole rings is 1. The van der Waals surface area contributed by atoms with Gasteiger partial charge in [0.15, 0.2) is 0 Å². The third kappa shape index (κ3) is 4.69. The zero-order valence-corrected chi connectivity index (χ0v) is 16.1. The van der Waals surface area contributed by atoms with Crippen molar-refractivity contribution in [1.82, 2.24) is 24.3 Å². The first kappa shape index (κ1) is 18.6. The van der Waals surface area contributed by atoms with E-state index in [1.165, 1.54) is 0 Å². The Balaban J connectivity index is 1.50. The number of piperidine rings is 1. The number of aryl methyl sites for hydroxylation is 2. The second-order valence-corrected chi connectivity index (χ2v) is 7.34. The standard InChI is InChI=1S/C20H29N5O/c1-16-13-24(3)20(22-16)17-7-6-11-25(14-17)19(26)9-12-23(2)15-18-8-4-5-10-21-18/h4-5,8,10,13,17H,6-7,9,11-12,14-15H2,1-3H3. The van der Waals surface area contributed by atoms with Crippen LogP contribution in [0.1, 0.15) is 42.4 Å². The van der Waals surface area contributed by atoms with E-state index in [1.54, 1.807) is 0 Å². The Labute approximate surface area is 155 Å². The molecule has 3 rings (SSSR count). The Morgan fingerprint density at radius 2 is 2.23 bits per heavy atom. The SMILES string of the molecule is Cc1cn(C)c(C2CCCN(C(=O)CCN(C)Cc3ccccn3)C2)n1. The molecule has 0 radical (unpaired) electrons. The maximum atomic E-state index is 12.7. The largest absolute Gasteiger partial charge is 0.342 e. The molecule has 1 fully saturated rings. The topological polar surface area (TPSA) is 54.3 Å². The Morgan fingerprint density at radius 3 is 2.92 bits per heavy atom. The molecule has 140 valence electrons. The lowest BCUT2D eigenvalue weighted by Crippen LogP contribution is -2.40. The average Bonchev–Trinajstić information content (AvgIpc) is 2.99. The quantitative estimate of drug-likeness (QED) is 0.798. The van der Waals surface area contributed by atoms with Gasteiger partial charge in [-0.2, -0.15) is 0 Å². The van der Waals surface area contributed by atoms with Crippen molar-refractivity contribution >= 4 is 5.91 Å². The molecule has 1 amide bonds. The fourth-order valence-corrected chi connectivity index (χ4v) is 3.72. The van der Waals surface area contributed by atoms with Crippen molar-refractivity contribution in [2.24, 2.45) is 7.05 Å². The third-order valence-electron chi connectivity index (χ3n) is 5.04.